The number of nitrogens with zero attached hydrogens (tertiary/aromatic N) is 4. The van der Waals surface area contributed by atoms with Crippen molar-refractivity contribution in [3.05, 3.63) is 65.4 Å². The molecule has 200 valence electrons. The molecule has 0 aliphatic carbocycles. The molecule has 13 heteroatoms. The first kappa shape index (κ1) is 27.3. The van der Waals surface area contributed by atoms with Gasteiger partial charge in [-0.15, -0.1) is 0 Å². The number of amides is 2. The maximum absolute atomic E-state index is 13.2. The van der Waals surface area contributed by atoms with Crippen LogP contribution in [0.1, 0.15) is 29.7 Å². The fourth-order valence-corrected chi connectivity index (χ4v) is 4.45. The number of rotatable bonds is 8. The molecule has 0 radical (unpaired) electrons. The average Bonchev–Trinajstić information content (AvgIpc) is 3.53. The second kappa shape index (κ2) is 11.8. The number of hydrogen-bond acceptors (Lipinski definition) is 7. The van der Waals surface area contributed by atoms with Gasteiger partial charge in [0.15, 0.2) is 10.9 Å². The molecule has 3 heterocycles. The zero-order valence-corrected chi connectivity index (χ0v) is 21.0. The number of thiazole rings is 1. The molecule has 2 amide bonds. The smallest absolute Gasteiger partial charge is 0.306 e. The molecule has 1 aromatic carbocycles. The van der Waals surface area contributed by atoms with E-state index in [1.165, 1.54) is 18.5 Å². The largest absolute Gasteiger partial charge is 0.427 e. The predicted octanol–water partition coefficient (Wildman–Crippen LogP) is 4.90. The Morgan fingerprint density at radius 3 is 2.66 bits per heavy atom. The maximum Gasteiger partial charge on any atom is 0.427 e. The molecule has 3 aromatic rings. The monoisotopic (exact) mass is 548 g/mol. The highest BCUT2D eigenvalue weighted by atomic mass is 32.1. The summed E-state index contributed by atoms with van der Waals surface area (Å²) >= 11 is 0.360. The first-order valence-corrected chi connectivity index (χ1v) is 12.5. The molecule has 0 saturated carbocycles. The number of carbonyl (C=O) groups is 2. The molecule has 1 saturated heterocycles. The average molecular weight is 549 g/mol. The molecule has 4 rings (SSSR count). The fraction of sp³-hybridized carbons (Fsp3) is 0.320. The Morgan fingerprint density at radius 2 is 2.00 bits per heavy atom. The lowest BCUT2D eigenvalue weighted by atomic mass is 9.97. The third-order valence-corrected chi connectivity index (χ3v) is 6.80. The summed E-state index contributed by atoms with van der Waals surface area (Å²) in [4.78, 5) is 37.9. The van der Waals surface area contributed by atoms with Gasteiger partial charge in [0.25, 0.3) is 0 Å². The molecule has 1 fully saturated rings. The van der Waals surface area contributed by atoms with Gasteiger partial charge < -0.3 is 10.6 Å². The minimum absolute atomic E-state index is 0.131. The van der Waals surface area contributed by atoms with Crippen molar-refractivity contribution < 1.29 is 27.2 Å². The van der Waals surface area contributed by atoms with E-state index < -0.39 is 29.1 Å². The van der Waals surface area contributed by atoms with Crippen molar-refractivity contribution in [3.8, 4) is 11.3 Å². The van der Waals surface area contributed by atoms with Gasteiger partial charge in [-0.3, -0.25) is 19.5 Å². The third kappa shape index (κ3) is 7.19. The first-order chi connectivity index (χ1) is 18.1. The molecule has 0 bridgehead atoms. The number of aromatic nitrogens is 3. The zero-order chi connectivity index (χ0) is 27.3. The maximum atomic E-state index is 13.2. The molecule has 38 heavy (non-hydrogen) atoms. The standard InChI is InChI=1S/C25H24F4N6O2S/c1-15(23(37)34-24-32-12-20(38-24)25(27,28)29)16-4-2-5-17(10-16)19-11-31-21(13-30-19)33-22(36)6-3-8-35-9-7-18(26)14-35/h2-6,10-13,15,18H,7-9,14H2,1H3,(H,31,33,36)(H,32,34,37)/b6-3+/t15?,18-/m0/s1. The summed E-state index contributed by atoms with van der Waals surface area (Å²) in [5.74, 6) is -1.31. The van der Waals surface area contributed by atoms with Crippen LogP contribution in [0.2, 0.25) is 0 Å². The number of benzene rings is 1. The minimum Gasteiger partial charge on any atom is -0.306 e. The van der Waals surface area contributed by atoms with E-state index >= 15 is 0 Å². The minimum atomic E-state index is -4.52. The third-order valence-electron chi connectivity index (χ3n) is 5.84. The second-order valence-corrected chi connectivity index (χ2v) is 9.72. The Morgan fingerprint density at radius 1 is 1.18 bits per heavy atom. The molecule has 2 N–H and O–H groups in total. The van der Waals surface area contributed by atoms with E-state index in [-0.39, 0.29) is 16.9 Å². The van der Waals surface area contributed by atoms with Gasteiger partial charge in [-0.05, 0) is 25.0 Å². The zero-order valence-electron chi connectivity index (χ0n) is 20.2. The number of alkyl halides is 4. The van der Waals surface area contributed by atoms with E-state index in [0.717, 1.165) is 0 Å². The predicted molar refractivity (Wildman–Crippen MR) is 135 cm³/mol. The Kier molecular flexibility index (Phi) is 8.47. The van der Waals surface area contributed by atoms with E-state index in [1.54, 1.807) is 37.3 Å². The summed E-state index contributed by atoms with van der Waals surface area (Å²) in [6, 6.07) is 6.96. The lowest BCUT2D eigenvalue weighted by Crippen LogP contribution is -2.21. The van der Waals surface area contributed by atoms with E-state index in [4.69, 9.17) is 0 Å². The summed E-state index contributed by atoms with van der Waals surface area (Å²) in [5, 5.41) is 4.91. The number of hydrogen-bond donors (Lipinski definition) is 2. The summed E-state index contributed by atoms with van der Waals surface area (Å²) in [5.41, 5.74) is 1.78. The van der Waals surface area contributed by atoms with Crippen molar-refractivity contribution in [2.24, 2.45) is 0 Å². The van der Waals surface area contributed by atoms with Crippen molar-refractivity contribution in [1.82, 2.24) is 19.9 Å². The number of anilines is 2. The van der Waals surface area contributed by atoms with Crippen LogP contribution in [0.3, 0.4) is 0 Å². The van der Waals surface area contributed by atoms with Gasteiger partial charge in [0.05, 0.1) is 30.2 Å². The van der Waals surface area contributed by atoms with Crippen molar-refractivity contribution in [2.45, 2.75) is 31.6 Å². The van der Waals surface area contributed by atoms with Crippen LogP contribution >= 0.6 is 11.3 Å². The molecular formula is C25H24F4N6O2S. The highest BCUT2D eigenvalue weighted by Gasteiger charge is 2.33. The van der Waals surface area contributed by atoms with Crippen LogP contribution in [0.15, 0.2) is 55.0 Å². The summed E-state index contributed by atoms with van der Waals surface area (Å²) in [7, 11) is 0. The SMILES string of the molecule is CC(C(=O)Nc1ncc(C(F)(F)F)s1)c1cccc(-c2cnc(NC(=O)/C=C/CN3CC[C@H](F)C3)cn2)c1. The van der Waals surface area contributed by atoms with E-state index in [1.807, 2.05) is 4.90 Å². The van der Waals surface area contributed by atoms with Crippen LogP contribution in [0.25, 0.3) is 11.3 Å². The van der Waals surface area contributed by atoms with E-state index in [2.05, 4.69) is 25.6 Å². The van der Waals surface area contributed by atoms with Gasteiger partial charge in [-0.1, -0.05) is 35.6 Å². The summed E-state index contributed by atoms with van der Waals surface area (Å²) in [6.07, 6.45) is 1.77. The Hall–Kier alpha value is -3.71. The van der Waals surface area contributed by atoms with Crippen molar-refractivity contribution in [2.75, 3.05) is 30.3 Å². The number of nitrogens with one attached hydrogen (secondary N) is 2. The van der Waals surface area contributed by atoms with Gasteiger partial charge in [0.1, 0.15) is 11.0 Å². The molecule has 1 unspecified atom stereocenters. The van der Waals surface area contributed by atoms with Gasteiger partial charge >= 0.3 is 6.18 Å². The van der Waals surface area contributed by atoms with E-state index in [0.29, 0.717) is 60.4 Å². The van der Waals surface area contributed by atoms with Crippen LogP contribution in [0.5, 0.6) is 0 Å². The molecule has 1 aliphatic heterocycles. The van der Waals surface area contributed by atoms with Crippen LogP contribution in [-0.2, 0) is 15.8 Å². The normalized spacial score (nSPS) is 17.0. The number of carbonyl (C=O) groups excluding carboxylic acids is 2. The lowest BCUT2D eigenvalue weighted by molar-refractivity contribution is -0.134. The van der Waals surface area contributed by atoms with Gasteiger partial charge in [-0.2, -0.15) is 13.2 Å². The Labute approximate surface area is 219 Å². The highest BCUT2D eigenvalue weighted by Crippen LogP contribution is 2.35. The molecule has 8 nitrogen and oxygen atoms in total. The first-order valence-electron chi connectivity index (χ1n) is 11.7. The van der Waals surface area contributed by atoms with Gasteiger partial charge in [0.2, 0.25) is 11.8 Å². The van der Waals surface area contributed by atoms with Crippen LogP contribution in [0, 0.1) is 0 Å². The highest BCUT2D eigenvalue weighted by molar-refractivity contribution is 7.15. The Balaban J connectivity index is 1.34. The van der Waals surface area contributed by atoms with Crippen LogP contribution in [0.4, 0.5) is 28.5 Å². The van der Waals surface area contributed by atoms with Gasteiger partial charge in [-0.25, -0.2) is 14.4 Å². The Bertz CT molecular complexity index is 1310. The summed E-state index contributed by atoms with van der Waals surface area (Å²) in [6.45, 7) is 3.16. The molecule has 0 spiro atoms. The summed E-state index contributed by atoms with van der Waals surface area (Å²) < 4.78 is 51.5. The fourth-order valence-electron chi connectivity index (χ4n) is 3.76. The van der Waals surface area contributed by atoms with Crippen molar-refractivity contribution in [1.29, 1.82) is 0 Å². The topological polar surface area (TPSA) is 100 Å². The number of likely N-dealkylation sites (tertiary alicyclic amines) is 1. The van der Waals surface area contributed by atoms with E-state index in [9.17, 15) is 27.2 Å². The lowest BCUT2D eigenvalue weighted by Gasteiger charge is -2.12. The molecule has 2 atom stereocenters. The number of halogens is 4. The van der Waals surface area contributed by atoms with Crippen molar-refractivity contribution >= 4 is 34.1 Å². The molecular weight excluding hydrogens is 524 g/mol. The second-order valence-electron chi connectivity index (χ2n) is 8.69. The van der Waals surface area contributed by atoms with Crippen LogP contribution in [-0.4, -0.2) is 57.5 Å². The van der Waals surface area contributed by atoms with Crippen LogP contribution < -0.4 is 10.6 Å². The molecule has 1 aliphatic rings. The quantitative estimate of drug-likeness (QED) is 0.307. The van der Waals surface area contributed by atoms with Gasteiger partial charge in [0, 0.05) is 31.3 Å². The van der Waals surface area contributed by atoms with Crippen molar-refractivity contribution in [3.63, 3.8) is 0 Å². The molecule has 2 aromatic heterocycles.